The molecule has 0 heterocycles. The van der Waals surface area contributed by atoms with E-state index in [0.717, 1.165) is 0 Å². The van der Waals surface area contributed by atoms with Crippen molar-refractivity contribution in [1.82, 2.24) is 0 Å². The van der Waals surface area contributed by atoms with E-state index >= 15 is 0 Å². The molecule has 0 aliphatic carbocycles. The minimum Gasteiger partial charge on any atom is -0.409 e. The van der Waals surface area contributed by atoms with Crippen molar-refractivity contribution in [2.24, 2.45) is 16.8 Å². The molecular formula is C11H12ClF3N2O2. The number of benzene rings is 1. The fraction of sp³-hybridized carbons (Fsp3) is 0.364. The van der Waals surface area contributed by atoms with Gasteiger partial charge in [0.2, 0.25) is 0 Å². The van der Waals surface area contributed by atoms with Gasteiger partial charge in [0.05, 0.1) is 13.2 Å². The molecule has 4 nitrogen and oxygen atoms in total. The molecule has 0 saturated heterocycles. The number of hydrogen-bond acceptors (Lipinski definition) is 3. The summed E-state index contributed by atoms with van der Waals surface area (Å²) in [5.41, 5.74) is 5.55. The van der Waals surface area contributed by atoms with Crippen molar-refractivity contribution in [2.75, 3.05) is 6.61 Å². The molecule has 0 spiro atoms. The lowest BCUT2D eigenvalue weighted by Gasteiger charge is -2.18. The van der Waals surface area contributed by atoms with Gasteiger partial charge < -0.3 is 15.7 Å². The van der Waals surface area contributed by atoms with Crippen LogP contribution in [0.4, 0.5) is 13.2 Å². The number of halogens is 4. The monoisotopic (exact) mass is 296 g/mol. The van der Waals surface area contributed by atoms with Crippen LogP contribution in [0.25, 0.3) is 0 Å². The first-order valence-corrected chi connectivity index (χ1v) is 5.59. The lowest BCUT2D eigenvalue weighted by molar-refractivity contribution is -0.169. The van der Waals surface area contributed by atoms with E-state index in [-0.39, 0.29) is 6.61 Å². The van der Waals surface area contributed by atoms with Crippen LogP contribution in [0.3, 0.4) is 0 Å². The van der Waals surface area contributed by atoms with Crippen LogP contribution in [-0.2, 0) is 11.3 Å². The molecule has 0 radical (unpaired) electrons. The molecule has 0 amide bonds. The predicted molar refractivity (Wildman–Crippen MR) is 64.1 cm³/mol. The Balaban J connectivity index is 2.61. The van der Waals surface area contributed by atoms with E-state index in [0.29, 0.717) is 10.6 Å². The van der Waals surface area contributed by atoms with Gasteiger partial charge in [0.25, 0.3) is 0 Å². The maximum absolute atomic E-state index is 12.6. The SMILES string of the molecule is N/C(=N/O)C(COCc1ccccc1Cl)C(F)(F)F. The van der Waals surface area contributed by atoms with Crippen molar-refractivity contribution < 1.29 is 23.1 Å². The zero-order valence-electron chi connectivity index (χ0n) is 9.69. The van der Waals surface area contributed by atoms with E-state index in [4.69, 9.17) is 27.3 Å². The quantitative estimate of drug-likeness (QED) is 0.380. The summed E-state index contributed by atoms with van der Waals surface area (Å²) in [6.07, 6.45) is -4.64. The number of ether oxygens (including phenoxy) is 1. The minimum atomic E-state index is -4.64. The number of amidine groups is 1. The molecule has 0 bridgehead atoms. The highest BCUT2D eigenvalue weighted by Crippen LogP contribution is 2.27. The Morgan fingerprint density at radius 3 is 2.58 bits per heavy atom. The molecule has 0 fully saturated rings. The number of rotatable bonds is 5. The van der Waals surface area contributed by atoms with Crippen LogP contribution in [0.15, 0.2) is 29.4 Å². The van der Waals surface area contributed by atoms with E-state index in [1.165, 1.54) is 0 Å². The molecule has 0 aliphatic rings. The summed E-state index contributed by atoms with van der Waals surface area (Å²) in [6.45, 7) is -0.838. The Kier molecular flexibility index (Phi) is 5.44. The molecule has 0 aromatic heterocycles. The van der Waals surface area contributed by atoms with E-state index in [1.807, 2.05) is 0 Å². The average molecular weight is 297 g/mol. The fourth-order valence-corrected chi connectivity index (χ4v) is 1.51. The van der Waals surface area contributed by atoms with E-state index in [2.05, 4.69) is 5.16 Å². The van der Waals surface area contributed by atoms with Gasteiger partial charge in [0.1, 0.15) is 5.92 Å². The van der Waals surface area contributed by atoms with Crippen LogP contribution in [0, 0.1) is 5.92 Å². The molecule has 0 saturated carbocycles. The smallest absolute Gasteiger partial charge is 0.401 e. The first kappa shape index (κ1) is 15.6. The molecule has 19 heavy (non-hydrogen) atoms. The zero-order valence-corrected chi connectivity index (χ0v) is 10.4. The van der Waals surface area contributed by atoms with Crippen LogP contribution in [0.2, 0.25) is 5.02 Å². The highest BCUT2D eigenvalue weighted by Gasteiger charge is 2.43. The summed E-state index contributed by atoms with van der Waals surface area (Å²) in [4.78, 5) is 0. The molecule has 0 aliphatic heterocycles. The fourth-order valence-electron chi connectivity index (χ4n) is 1.32. The Labute approximate surface area is 112 Å². The molecule has 1 unspecified atom stereocenters. The van der Waals surface area contributed by atoms with Crippen LogP contribution < -0.4 is 5.73 Å². The molecular weight excluding hydrogens is 285 g/mol. The maximum atomic E-state index is 12.6. The van der Waals surface area contributed by atoms with Gasteiger partial charge in [0.15, 0.2) is 5.84 Å². The molecule has 1 aromatic carbocycles. The second-order valence-corrected chi connectivity index (χ2v) is 4.13. The molecule has 106 valence electrons. The number of hydrogen-bond donors (Lipinski definition) is 2. The second kappa shape index (κ2) is 6.63. The van der Waals surface area contributed by atoms with E-state index in [1.54, 1.807) is 24.3 Å². The van der Waals surface area contributed by atoms with Crippen molar-refractivity contribution >= 4 is 17.4 Å². The summed E-state index contributed by atoms with van der Waals surface area (Å²) in [7, 11) is 0. The van der Waals surface area contributed by atoms with Crippen LogP contribution in [0.5, 0.6) is 0 Å². The number of nitrogens with zero attached hydrogens (tertiary/aromatic N) is 1. The summed E-state index contributed by atoms with van der Waals surface area (Å²) in [6, 6.07) is 6.62. The van der Waals surface area contributed by atoms with Crippen LogP contribution >= 0.6 is 11.6 Å². The van der Waals surface area contributed by atoms with Gasteiger partial charge in [-0.15, -0.1) is 0 Å². The number of oxime groups is 1. The number of nitrogens with two attached hydrogens (primary N) is 1. The van der Waals surface area contributed by atoms with Crippen molar-refractivity contribution in [1.29, 1.82) is 0 Å². The topological polar surface area (TPSA) is 67.8 Å². The lowest BCUT2D eigenvalue weighted by Crippen LogP contribution is -2.39. The summed E-state index contributed by atoms with van der Waals surface area (Å²) in [5.74, 6) is -3.09. The Morgan fingerprint density at radius 2 is 2.05 bits per heavy atom. The van der Waals surface area contributed by atoms with Gasteiger partial charge >= 0.3 is 6.18 Å². The Morgan fingerprint density at radius 1 is 1.42 bits per heavy atom. The highest BCUT2D eigenvalue weighted by molar-refractivity contribution is 6.31. The van der Waals surface area contributed by atoms with Gasteiger partial charge in [-0.05, 0) is 11.6 Å². The van der Waals surface area contributed by atoms with E-state index < -0.39 is 24.5 Å². The third kappa shape index (κ3) is 4.60. The maximum Gasteiger partial charge on any atom is 0.401 e. The molecule has 3 N–H and O–H groups in total. The summed E-state index contributed by atoms with van der Waals surface area (Å²) in [5, 5.41) is 11.1. The van der Waals surface area contributed by atoms with E-state index in [9.17, 15) is 13.2 Å². The van der Waals surface area contributed by atoms with Gasteiger partial charge in [-0.2, -0.15) is 13.2 Å². The minimum absolute atomic E-state index is 0.0923. The third-order valence-corrected chi connectivity index (χ3v) is 2.74. The van der Waals surface area contributed by atoms with Crippen molar-refractivity contribution in [3.63, 3.8) is 0 Å². The predicted octanol–water partition coefficient (Wildman–Crippen LogP) is 2.78. The van der Waals surface area contributed by atoms with Gasteiger partial charge in [-0.1, -0.05) is 35.0 Å². The second-order valence-electron chi connectivity index (χ2n) is 3.73. The zero-order chi connectivity index (χ0) is 14.5. The largest absolute Gasteiger partial charge is 0.409 e. The normalized spacial score (nSPS) is 14.4. The molecule has 1 aromatic rings. The van der Waals surface area contributed by atoms with Crippen LogP contribution in [-0.4, -0.2) is 23.8 Å². The Bertz CT molecular complexity index is 452. The summed E-state index contributed by atoms with van der Waals surface area (Å²) >= 11 is 5.83. The number of alkyl halides is 3. The lowest BCUT2D eigenvalue weighted by atomic mass is 10.1. The Hall–Kier alpha value is -1.47. The molecule has 1 atom stereocenters. The molecule has 8 heteroatoms. The van der Waals surface area contributed by atoms with Crippen LogP contribution in [0.1, 0.15) is 5.56 Å². The standard InChI is InChI=1S/C11H12ClF3N2O2/c12-9-4-2-1-3-7(9)5-19-6-8(10(16)17-18)11(13,14)15/h1-4,8,18H,5-6H2,(H2,16,17). The summed E-state index contributed by atoms with van der Waals surface area (Å²) < 4.78 is 42.7. The van der Waals surface area contributed by atoms with Gasteiger partial charge in [-0.3, -0.25) is 0 Å². The van der Waals surface area contributed by atoms with Crippen molar-refractivity contribution in [2.45, 2.75) is 12.8 Å². The first-order chi connectivity index (χ1) is 8.86. The van der Waals surface area contributed by atoms with Gasteiger partial charge in [-0.25, -0.2) is 0 Å². The first-order valence-electron chi connectivity index (χ1n) is 5.21. The van der Waals surface area contributed by atoms with Gasteiger partial charge in [0, 0.05) is 5.02 Å². The third-order valence-electron chi connectivity index (χ3n) is 2.37. The molecule has 1 rings (SSSR count). The highest BCUT2D eigenvalue weighted by atomic mass is 35.5. The van der Waals surface area contributed by atoms with Crippen molar-refractivity contribution in [3.8, 4) is 0 Å². The average Bonchev–Trinajstić information content (AvgIpc) is 2.34. The van der Waals surface area contributed by atoms with Crippen molar-refractivity contribution in [3.05, 3.63) is 34.9 Å².